The van der Waals surface area contributed by atoms with Crippen molar-refractivity contribution >= 4 is 34.8 Å². The SMILES string of the molecule is OC(CNCc1ccc(Cl)cc1)(Cn1cncn1)c1ccc(Cl)cc1Cl. The van der Waals surface area contributed by atoms with Crippen molar-refractivity contribution in [3.63, 3.8) is 0 Å². The fourth-order valence-corrected chi connectivity index (χ4v) is 3.41. The highest BCUT2D eigenvalue weighted by Gasteiger charge is 2.32. The monoisotopic (exact) mass is 410 g/mol. The maximum absolute atomic E-state index is 11.3. The van der Waals surface area contributed by atoms with Gasteiger partial charge < -0.3 is 10.4 Å². The number of hydrogen-bond donors (Lipinski definition) is 2. The average Bonchev–Trinajstić information content (AvgIpc) is 3.09. The highest BCUT2D eigenvalue weighted by atomic mass is 35.5. The van der Waals surface area contributed by atoms with Gasteiger partial charge in [0.25, 0.3) is 0 Å². The third kappa shape index (κ3) is 4.75. The van der Waals surface area contributed by atoms with Crippen molar-refractivity contribution < 1.29 is 5.11 Å². The van der Waals surface area contributed by atoms with Gasteiger partial charge in [-0.3, -0.25) is 0 Å². The first-order valence-corrected chi connectivity index (χ1v) is 9.05. The highest BCUT2D eigenvalue weighted by molar-refractivity contribution is 6.35. The number of aliphatic hydroxyl groups is 1. The number of nitrogens with zero attached hydrogens (tertiary/aromatic N) is 3. The lowest BCUT2D eigenvalue weighted by atomic mass is 9.93. The summed E-state index contributed by atoms with van der Waals surface area (Å²) in [6.07, 6.45) is 2.97. The molecular formula is C18H17Cl3N4O. The first kappa shape index (κ1) is 19.1. The van der Waals surface area contributed by atoms with Crippen LogP contribution in [0.15, 0.2) is 55.1 Å². The van der Waals surface area contributed by atoms with Gasteiger partial charge in [0.15, 0.2) is 0 Å². The molecule has 5 nitrogen and oxygen atoms in total. The number of benzene rings is 2. The van der Waals surface area contributed by atoms with Crippen LogP contribution in [0.2, 0.25) is 15.1 Å². The summed E-state index contributed by atoms with van der Waals surface area (Å²) in [7, 11) is 0. The summed E-state index contributed by atoms with van der Waals surface area (Å²) < 4.78 is 1.56. The molecule has 0 radical (unpaired) electrons. The van der Waals surface area contributed by atoms with Crippen molar-refractivity contribution in [2.45, 2.75) is 18.7 Å². The quantitative estimate of drug-likeness (QED) is 0.618. The zero-order valence-corrected chi connectivity index (χ0v) is 16.0. The van der Waals surface area contributed by atoms with E-state index in [9.17, 15) is 5.11 Å². The molecule has 1 unspecified atom stereocenters. The minimum Gasteiger partial charge on any atom is -0.382 e. The number of nitrogens with one attached hydrogen (secondary N) is 1. The van der Waals surface area contributed by atoms with Crippen LogP contribution >= 0.6 is 34.8 Å². The second kappa shape index (κ2) is 8.37. The predicted octanol–water partition coefficient (Wildman–Crippen LogP) is 3.92. The van der Waals surface area contributed by atoms with E-state index in [-0.39, 0.29) is 13.1 Å². The van der Waals surface area contributed by atoms with Gasteiger partial charge in [-0.2, -0.15) is 5.10 Å². The fourth-order valence-electron chi connectivity index (χ4n) is 2.70. The van der Waals surface area contributed by atoms with Crippen molar-refractivity contribution in [2.24, 2.45) is 0 Å². The molecule has 0 aliphatic rings. The molecule has 2 aromatic carbocycles. The van der Waals surface area contributed by atoms with E-state index >= 15 is 0 Å². The van der Waals surface area contributed by atoms with E-state index in [1.54, 1.807) is 29.2 Å². The minimum atomic E-state index is -1.29. The summed E-state index contributed by atoms with van der Waals surface area (Å²) in [5.74, 6) is 0. The maximum atomic E-state index is 11.3. The van der Waals surface area contributed by atoms with E-state index in [4.69, 9.17) is 34.8 Å². The standard InChI is InChI=1S/C18H17Cl3N4O/c19-14-3-1-13(2-4-14)8-22-9-18(26,10-25-12-23-11-24-25)16-6-5-15(20)7-17(16)21/h1-7,11-12,22,26H,8-10H2. The van der Waals surface area contributed by atoms with Crippen LogP contribution in [0.3, 0.4) is 0 Å². The van der Waals surface area contributed by atoms with E-state index in [0.29, 0.717) is 27.2 Å². The van der Waals surface area contributed by atoms with Crippen LogP contribution in [-0.2, 0) is 18.7 Å². The van der Waals surface area contributed by atoms with Gasteiger partial charge in [-0.1, -0.05) is 53.0 Å². The van der Waals surface area contributed by atoms with Crippen molar-refractivity contribution in [3.8, 4) is 0 Å². The van der Waals surface area contributed by atoms with Crippen LogP contribution in [0.5, 0.6) is 0 Å². The molecule has 0 aliphatic carbocycles. The van der Waals surface area contributed by atoms with Crippen LogP contribution in [0.25, 0.3) is 0 Å². The Morgan fingerprint density at radius 1 is 1.04 bits per heavy atom. The third-order valence-electron chi connectivity index (χ3n) is 3.98. The fraction of sp³-hybridized carbons (Fsp3) is 0.222. The summed E-state index contributed by atoms with van der Waals surface area (Å²) in [6.45, 7) is 1.03. The lowest BCUT2D eigenvalue weighted by Crippen LogP contribution is -2.42. The summed E-state index contributed by atoms with van der Waals surface area (Å²) in [5.41, 5.74) is 0.337. The first-order chi connectivity index (χ1) is 12.5. The molecule has 3 aromatic rings. The Hall–Kier alpha value is -1.63. The van der Waals surface area contributed by atoms with Gasteiger partial charge in [0.2, 0.25) is 0 Å². The Morgan fingerprint density at radius 3 is 2.42 bits per heavy atom. The molecule has 0 saturated heterocycles. The average molecular weight is 412 g/mol. The molecule has 1 heterocycles. The zero-order valence-electron chi connectivity index (χ0n) is 13.7. The Bertz CT molecular complexity index is 855. The van der Waals surface area contributed by atoms with Crippen molar-refractivity contribution in [1.29, 1.82) is 0 Å². The van der Waals surface area contributed by atoms with E-state index in [0.717, 1.165) is 5.56 Å². The molecule has 1 atom stereocenters. The van der Waals surface area contributed by atoms with Crippen LogP contribution in [0, 0.1) is 0 Å². The maximum Gasteiger partial charge on any atom is 0.137 e. The van der Waals surface area contributed by atoms with Crippen LogP contribution in [-0.4, -0.2) is 26.4 Å². The molecule has 0 amide bonds. The summed E-state index contributed by atoms with van der Waals surface area (Å²) in [4.78, 5) is 3.93. The summed E-state index contributed by atoms with van der Waals surface area (Å²) >= 11 is 18.2. The van der Waals surface area contributed by atoms with Gasteiger partial charge in [0.05, 0.1) is 6.54 Å². The second-order valence-corrected chi connectivity index (χ2v) is 7.26. The molecule has 0 aliphatic heterocycles. The van der Waals surface area contributed by atoms with E-state index < -0.39 is 5.60 Å². The molecule has 8 heteroatoms. The summed E-state index contributed by atoms with van der Waals surface area (Å²) in [5, 5.41) is 20.3. The van der Waals surface area contributed by atoms with E-state index in [1.807, 2.05) is 24.3 Å². The smallest absolute Gasteiger partial charge is 0.137 e. The van der Waals surface area contributed by atoms with Crippen molar-refractivity contribution in [3.05, 3.63) is 81.3 Å². The van der Waals surface area contributed by atoms with Gasteiger partial charge in [-0.05, 0) is 29.8 Å². The first-order valence-electron chi connectivity index (χ1n) is 7.92. The molecule has 0 bridgehead atoms. The molecule has 2 N–H and O–H groups in total. The lowest BCUT2D eigenvalue weighted by molar-refractivity contribution is 0.0152. The Kier molecular flexibility index (Phi) is 6.16. The normalized spacial score (nSPS) is 13.5. The molecule has 3 rings (SSSR count). The van der Waals surface area contributed by atoms with Gasteiger partial charge in [-0.15, -0.1) is 0 Å². The molecule has 0 saturated carbocycles. The van der Waals surface area contributed by atoms with Crippen LogP contribution in [0.1, 0.15) is 11.1 Å². The minimum absolute atomic E-state index is 0.196. The predicted molar refractivity (Wildman–Crippen MR) is 104 cm³/mol. The van der Waals surface area contributed by atoms with Crippen molar-refractivity contribution in [2.75, 3.05) is 6.54 Å². The van der Waals surface area contributed by atoms with Crippen LogP contribution in [0.4, 0.5) is 0 Å². The molecule has 1 aromatic heterocycles. The molecule has 0 fully saturated rings. The van der Waals surface area contributed by atoms with E-state index in [1.165, 1.54) is 6.33 Å². The Labute approximate surface area is 166 Å². The topological polar surface area (TPSA) is 63.0 Å². The number of halogens is 3. The molecular weight excluding hydrogens is 395 g/mol. The van der Waals surface area contributed by atoms with Gasteiger partial charge >= 0.3 is 0 Å². The zero-order chi connectivity index (χ0) is 18.6. The Morgan fingerprint density at radius 2 is 1.77 bits per heavy atom. The van der Waals surface area contributed by atoms with Gasteiger partial charge in [0.1, 0.15) is 18.3 Å². The number of rotatable bonds is 7. The highest BCUT2D eigenvalue weighted by Crippen LogP contribution is 2.31. The van der Waals surface area contributed by atoms with Crippen LogP contribution < -0.4 is 5.32 Å². The lowest BCUT2D eigenvalue weighted by Gasteiger charge is -2.30. The number of aromatic nitrogens is 3. The molecule has 26 heavy (non-hydrogen) atoms. The molecule has 0 spiro atoms. The Balaban J connectivity index is 1.79. The van der Waals surface area contributed by atoms with E-state index in [2.05, 4.69) is 15.4 Å². The summed E-state index contributed by atoms with van der Waals surface area (Å²) in [6, 6.07) is 12.6. The van der Waals surface area contributed by atoms with Gasteiger partial charge in [-0.25, -0.2) is 9.67 Å². The second-order valence-electron chi connectivity index (χ2n) is 5.98. The van der Waals surface area contributed by atoms with Crippen molar-refractivity contribution in [1.82, 2.24) is 20.1 Å². The third-order valence-corrected chi connectivity index (χ3v) is 4.78. The largest absolute Gasteiger partial charge is 0.382 e. The van der Waals surface area contributed by atoms with Gasteiger partial charge in [0, 0.05) is 33.7 Å². The number of hydrogen-bond acceptors (Lipinski definition) is 4. The molecule has 136 valence electrons.